The molecule has 2 heterocycles. The van der Waals surface area contributed by atoms with Gasteiger partial charge in [-0.3, -0.25) is 0 Å². The molecule has 0 unspecified atom stereocenters. The number of hydrogen-bond acceptors (Lipinski definition) is 2. The summed E-state index contributed by atoms with van der Waals surface area (Å²) in [5, 5.41) is 5.12. The minimum absolute atomic E-state index is 0.627. The third kappa shape index (κ3) is 4.33. The van der Waals surface area contributed by atoms with Crippen molar-refractivity contribution >= 4 is 5.65 Å². The second kappa shape index (κ2) is 9.75. The highest BCUT2D eigenvalue weighted by Crippen LogP contribution is 2.43. The van der Waals surface area contributed by atoms with Crippen molar-refractivity contribution in [3.8, 4) is 50.6 Å². The number of aryl methyl sites for hydroxylation is 2. The Morgan fingerprint density at radius 1 is 0.675 bits per heavy atom. The molecule has 0 saturated carbocycles. The predicted molar refractivity (Wildman–Crippen MR) is 152 cm³/mol. The molecule has 0 radical (unpaired) electrons. The largest absolute Gasteiger partial charge is 0.497 e. The van der Waals surface area contributed by atoms with E-state index in [2.05, 4.69) is 28.8 Å². The van der Waals surface area contributed by atoms with Gasteiger partial charge in [-0.1, -0.05) is 72.3 Å². The Morgan fingerprint density at radius 3 is 1.85 bits per heavy atom. The molecule has 6 aromatic rings. The summed E-state index contributed by atoms with van der Waals surface area (Å²) in [5.41, 5.74) is 8.03. The van der Waals surface area contributed by atoms with Crippen LogP contribution in [0.15, 0.2) is 103 Å². The Hall–Kier alpha value is -4.78. The molecule has 4 aromatic carbocycles. The van der Waals surface area contributed by atoms with Gasteiger partial charge in [0.05, 0.1) is 29.6 Å². The second-order valence-corrected chi connectivity index (χ2v) is 9.75. The van der Waals surface area contributed by atoms with Gasteiger partial charge >= 0.3 is 6.18 Å². The lowest BCUT2D eigenvalue weighted by Crippen LogP contribution is -2.04. The van der Waals surface area contributed by atoms with Crippen molar-refractivity contribution in [2.24, 2.45) is 7.05 Å². The zero-order chi connectivity index (χ0) is 28.0. The minimum Gasteiger partial charge on any atom is -0.497 e. The number of benzene rings is 4. The van der Waals surface area contributed by atoms with Crippen LogP contribution in [0.2, 0.25) is 0 Å². The van der Waals surface area contributed by atoms with Crippen LogP contribution in [0.4, 0.5) is 13.2 Å². The lowest BCUT2D eigenvalue weighted by atomic mass is 10.00. The molecular formula is C33H26F3N3O. The van der Waals surface area contributed by atoms with Crippen LogP contribution in [0.25, 0.3) is 50.5 Å². The Balaban J connectivity index is 1.70. The zero-order valence-corrected chi connectivity index (χ0v) is 22.2. The summed E-state index contributed by atoms with van der Waals surface area (Å²) in [5.74, 6) is 0.713. The number of fused-ring (bicyclic) bond motifs is 1. The van der Waals surface area contributed by atoms with Crippen LogP contribution in [0.5, 0.6) is 5.75 Å². The van der Waals surface area contributed by atoms with E-state index in [9.17, 15) is 13.2 Å². The van der Waals surface area contributed by atoms with Crippen molar-refractivity contribution in [2.45, 2.75) is 13.1 Å². The molecule has 0 amide bonds. The molecule has 2 aromatic heterocycles. The molecule has 200 valence electrons. The number of imidazole rings is 1. The first kappa shape index (κ1) is 25.5. The number of hydrogen-bond donors (Lipinski definition) is 0. The van der Waals surface area contributed by atoms with E-state index in [1.165, 1.54) is 12.1 Å². The number of alkyl halides is 3. The van der Waals surface area contributed by atoms with Crippen LogP contribution < -0.4 is 4.74 Å². The average Bonchev–Trinajstić information content (AvgIpc) is 3.49. The highest BCUT2D eigenvalue weighted by atomic mass is 19.4. The van der Waals surface area contributed by atoms with Crippen LogP contribution in [-0.4, -0.2) is 21.3 Å². The molecule has 0 N–H and O–H groups in total. The minimum atomic E-state index is -4.42. The van der Waals surface area contributed by atoms with Gasteiger partial charge in [-0.15, -0.1) is 0 Å². The third-order valence-corrected chi connectivity index (χ3v) is 7.19. The Morgan fingerprint density at radius 2 is 1.25 bits per heavy atom. The van der Waals surface area contributed by atoms with E-state index in [-0.39, 0.29) is 0 Å². The highest BCUT2D eigenvalue weighted by Gasteiger charge is 2.31. The van der Waals surface area contributed by atoms with Crippen LogP contribution in [0.3, 0.4) is 0 Å². The molecule has 40 heavy (non-hydrogen) atoms. The standard InChI is InChI=1S/C33H26F3N3O/c1-21-9-11-22(12-10-21)28-29(23-7-5-4-6-8-23)37-39-31(25-13-17-26(18-14-25)33(34,35)36)30(38(2)32(28)39)24-15-19-27(40-3)20-16-24/h4-20H,1-3H3. The molecule has 0 fully saturated rings. The van der Waals surface area contributed by atoms with Crippen LogP contribution in [-0.2, 0) is 13.2 Å². The van der Waals surface area contributed by atoms with Crippen molar-refractivity contribution in [3.05, 3.63) is 114 Å². The molecule has 0 saturated heterocycles. The molecule has 7 heteroatoms. The summed E-state index contributed by atoms with van der Waals surface area (Å²) in [4.78, 5) is 0. The summed E-state index contributed by atoms with van der Waals surface area (Å²) in [6, 6.07) is 31.1. The van der Waals surface area contributed by atoms with Gasteiger partial charge in [0.15, 0.2) is 0 Å². The lowest BCUT2D eigenvalue weighted by molar-refractivity contribution is -0.137. The summed E-state index contributed by atoms with van der Waals surface area (Å²) >= 11 is 0. The van der Waals surface area contributed by atoms with Gasteiger partial charge in [0.25, 0.3) is 0 Å². The van der Waals surface area contributed by atoms with Crippen LogP contribution in [0, 0.1) is 6.92 Å². The third-order valence-electron chi connectivity index (χ3n) is 7.19. The van der Waals surface area contributed by atoms with Gasteiger partial charge in [-0.25, -0.2) is 4.52 Å². The molecule has 0 aliphatic carbocycles. The summed E-state index contributed by atoms with van der Waals surface area (Å²) < 4.78 is 49.6. The molecule has 0 spiro atoms. The maximum atomic E-state index is 13.4. The quantitative estimate of drug-likeness (QED) is 0.220. The smallest absolute Gasteiger partial charge is 0.416 e. The van der Waals surface area contributed by atoms with E-state index < -0.39 is 11.7 Å². The van der Waals surface area contributed by atoms with Gasteiger partial charge < -0.3 is 9.30 Å². The molecular weight excluding hydrogens is 511 g/mol. The number of aromatic nitrogens is 3. The van der Waals surface area contributed by atoms with Gasteiger partial charge in [0, 0.05) is 23.7 Å². The molecule has 6 rings (SSSR count). The van der Waals surface area contributed by atoms with E-state index >= 15 is 0 Å². The van der Waals surface area contributed by atoms with Crippen molar-refractivity contribution in [2.75, 3.05) is 7.11 Å². The van der Waals surface area contributed by atoms with E-state index in [1.54, 1.807) is 7.11 Å². The van der Waals surface area contributed by atoms with Gasteiger partial charge in [-0.05, 0) is 48.9 Å². The zero-order valence-electron chi connectivity index (χ0n) is 22.2. The summed E-state index contributed by atoms with van der Waals surface area (Å²) in [7, 11) is 3.58. The van der Waals surface area contributed by atoms with Crippen molar-refractivity contribution in [1.82, 2.24) is 14.2 Å². The topological polar surface area (TPSA) is 31.5 Å². The maximum absolute atomic E-state index is 13.4. The molecule has 0 aliphatic heterocycles. The van der Waals surface area contributed by atoms with Crippen molar-refractivity contribution in [3.63, 3.8) is 0 Å². The fourth-order valence-corrected chi connectivity index (χ4v) is 5.18. The number of rotatable bonds is 5. The summed E-state index contributed by atoms with van der Waals surface area (Å²) in [6.07, 6.45) is -4.42. The lowest BCUT2D eigenvalue weighted by Gasteiger charge is -2.12. The average molecular weight is 538 g/mol. The van der Waals surface area contributed by atoms with Gasteiger partial charge in [0.2, 0.25) is 0 Å². The number of nitrogens with zero attached hydrogens (tertiary/aromatic N) is 3. The fourth-order valence-electron chi connectivity index (χ4n) is 5.18. The Bertz CT molecular complexity index is 1800. The SMILES string of the molecule is COc1ccc(-c2c(-c3ccc(C(F)(F)F)cc3)n3nc(-c4ccccc4)c(-c4ccc(C)cc4)c3n2C)cc1. The van der Waals surface area contributed by atoms with Crippen LogP contribution in [0.1, 0.15) is 11.1 Å². The van der Waals surface area contributed by atoms with Crippen molar-refractivity contribution < 1.29 is 17.9 Å². The fraction of sp³-hybridized carbons (Fsp3) is 0.121. The predicted octanol–water partition coefficient (Wildman–Crippen LogP) is 8.68. The van der Waals surface area contributed by atoms with Crippen LogP contribution >= 0.6 is 0 Å². The first-order chi connectivity index (χ1) is 19.3. The first-order valence-electron chi connectivity index (χ1n) is 12.8. The molecule has 0 bridgehead atoms. The highest BCUT2D eigenvalue weighted by molar-refractivity contribution is 5.95. The number of methoxy groups -OCH3 is 1. The van der Waals surface area contributed by atoms with E-state index in [4.69, 9.17) is 9.84 Å². The number of ether oxygens (including phenoxy) is 1. The van der Waals surface area contributed by atoms with E-state index in [1.807, 2.05) is 73.1 Å². The van der Waals surface area contributed by atoms with Crippen molar-refractivity contribution in [1.29, 1.82) is 0 Å². The Kier molecular flexibility index (Phi) is 6.22. The molecule has 0 aliphatic rings. The normalized spacial score (nSPS) is 11.8. The number of halogens is 3. The first-order valence-corrected chi connectivity index (χ1v) is 12.8. The molecule has 4 nitrogen and oxygen atoms in total. The molecule has 0 atom stereocenters. The van der Waals surface area contributed by atoms with Gasteiger partial charge in [0.1, 0.15) is 17.1 Å². The monoisotopic (exact) mass is 537 g/mol. The van der Waals surface area contributed by atoms with E-state index in [0.29, 0.717) is 17.0 Å². The van der Waals surface area contributed by atoms with E-state index in [0.717, 1.165) is 57.0 Å². The maximum Gasteiger partial charge on any atom is 0.416 e. The second-order valence-electron chi connectivity index (χ2n) is 9.75. The Labute approximate surface area is 229 Å². The van der Waals surface area contributed by atoms with Gasteiger partial charge in [-0.2, -0.15) is 18.3 Å². The summed E-state index contributed by atoms with van der Waals surface area (Å²) in [6.45, 7) is 2.04.